The second-order valence-electron chi connectivity index (χ2n) is 4.02. The van der Waals surface area contributed by atoms with Crippen LogP contribution in [0.1, 0.15) is 18.2 Å². The fraction of sp³-hybridized carbons (Fsp3) is 0.231. The Morgan fingerprint density at radius 2 is 2.11 bits per heavy atom. The number of benzene rings is 1. The summed E-state index contributed by atoms with van der Waals surface area (Å²) in [6, 6.07) is 9.39. The van der Waals surface area contributed by atoms with Crippen LogP contribution in [-0.4, -0.2) is 27.0 Å². The Balaban J connectivity index is 1.96. The molecule has 0 aliphatic heterocycles. The van der Waals surface area contributed by atoms with Crippen molar-refractivity contribution >= 4 is 11.9 Å². The largest absolute Gasteiger partial charge is 0.410 e. The maximum atomic E-state index is 11.7. The fourth-order valence-electron chi connectivity index (χ4n) is 1.50. The predicted molar refractivity (Wildman–Crippen MR) is 69.5 cm³/mol. The van der Waals surface area contributed by atoms with Crippen molar-refractivity contribution < 1.29 is 9.53 Å². The van der Waals surface area contributed by atoms with Crippen molar-refractivity contribution in [1.82, 2.24) is 15.1 Å². The van der Waals surface area contributed by atoms with Crippen molar-refractivity contribution in [2.24, 2.45) is 5.10 Å². The minimum absolute atomic E-state index is 0.212. The van der Waals surface area contributed by atoms with E-state index in [9.17, 15) is 4.79 Å². The van der Waals surface area contributed by atoms with Crippen LogP contribution in [-0.2, 0) is 16.0 Å². The van der Waals surface area contributed by atoms with Crippen molar-refractivity contribution in [3.05, 3.63) is 47.8 Å². The molecule has 1 heterocycles. The predicted octanol–water partition coefficient (Wildman–Crippen LogP) is 1.55. The van der Waals surface area contributed by atoms with Crippen molar-refractivity contribution in [2.75, 3.05) is 0 Å². The van der Waals surface area contributed by atoms with Gasteiger partial charge in [0, 0.05) is 6.92 Å². The van der Waals surface area contributed by atoms with Crippen molar-refractivity contribution in [2.45, 2.75) is 20.3 Å². The normalized spacial score (nSPS) is 11.4. The Kier molecular flexibility index (Phi) is 4.02. The summed E-state index contributed by atoms with van der Waals surface area (Å²) in [4.78, 5) is 13.0. The Morgan fingerprint density at radius 3 is 2.74 bits per heavy atom. The van der Waals surface area contributed by atoms with Gasteiger partial charge in [-0.3, -0.25) is 4.79 Å². The number of aromatic nitrogens is 3. The number of hydrogen-bond acceptors (Lipinski definition) is 5. The summed E-state index contributed by atoms with van der Waals surface area (Å²) in [5.41, 5.74) is 1.66. The standard InChI is InChI=1S/C13H14N4O2/c1-10-9-14-16-17(10)15-11(2)19-13(18)8-12-6-4-3-5-7-12/h3-7,9H,8H2,1-2H3/b15-11+. The first-order chi connectivity index (χ1) is 9.15. The van der Waals surface area contributed by atoms with Gasteiger partial charge in [0.05, 0.1) is 18.3 Å². The molecule has 0 radical (unpaired) electrons. The van der Waals surface area contributed by atoms with Gasteiger partial charge in [0.25, 0.3) is 0 Å². The summed E-state index contributed by atoms with van der Waals surface area (Å²) >= 11 is 0. The molecule has 0 bridgehead atoms. The van der Waals surface area contributed by atoms with E-state index in [-0.39, 0.29) is 18.3 Å². The van der Waals surface area contributed by atoms with Crippen LogP contribution in [0, 0.1) is 6.92 Å². The van der Waals surface area contributed by atoms with E-state index < -0.39 is 0 Å². The van der Waals surface area contributed by atoms with E-state index in [0.29, 0.717) is 0 Å². The molecule has 0 aliphatic carbocycles. The van der Waals surface area contributed by atoms with Crippen LogP contribution < -0.4 is 0 Å². The number of rotatable bonds is 3. The van der Waals surface area contributed by atoms with Crippen LogP contribution in [0.2, 0.25) is 0 Å². The van der Waals surface area contributed by atoms with Gasteiger partial charge >= 0.3 is 5.97 Å². The lowest BCUT2D eigenvalue weighted by Crippen LogP contribution is -2.13. The Hall–Kier alpha value is -2.50. The molecule has 6 nitrogen and oxygen atoms in total. The molecule has 0 saturated heterocycles. The SMILES string of the molecule is C/C(=N\n1nncc1C)OC(=O)Cc1ccccc1. The van der Waals surface area contributed by atoms with E-state index in [1.165, 1.54) is 4.79 Å². The van der Waals surface area contributed by atoms with Crippen LogP contribution in [0.15, 0.2) is 41.6 Å². The van der Waals surface area contributed by atoms with Gasteiger partial charge in [-0.15, -0.1) is 15.0 Å². The first-order valence-electron chi connectivity index (χ1n) is 5.82. The summed E-state index contributed by atoms with van der Waals surface area (Å²) in [5.74, 6) is -0.125. The second kappa shape index (κ2) is 5.90. The lowest BCUT2D eigenvalue weighted by Gasteiger charge is -2.03. The highest BCUT2D eigenvalue weighted by atomic mass is 16.5. The highest BCUT2D eigenvalue weighted by molar-refractivity contribution is 5.88. The number of carbonyl (C=O) groups excluding carboxylic acids is 1. The molecule has 0 saturated carbocycles. The van der Waals surface area contributed by atoms with Gasteiger partial charge in [-0.05, 0) is 17.7 Å². The lowest BCUT2D eigenvalue weighted by molar-refractivity contribution is -0.134. The number of nitrogens with zero attached hydrogens (tertiary/aromatic N) is 4. The van der Waals surface area contributed by atoms with Crippen LogP contribution in [0.4, 0.5) is 0 Å². The summed E-state index contributed by atoms with van der Waals surface area (Å²) in [6.07, 6.45) is 1.78. The topological polar surface area (TPSA) is 69.4 Å². The number of carbonyl (C=O) groups is 1. The summed E-state index contributed by atoms with van der Waals surface area (Å²) in [6.45, 7) is 3.41. The molecule has 0 amide bonds. The molecule has 1 aromatic carbocycles. The van der Waals surface area contributed by atoms with Gasteiger partial charge < -0.3 is 4.74 Å². The summed E-state index contributed by atoms with van der Waals surface area (Å²) in [7, 11) is 0. The Labute approximate surface area is 110 Å². The number of esters is 1. The minimum Gasteiger partial charge on any atom is -0.410 e. The van der Waals surface area contributed by atoms with Gasteiger partial charge in [-0.1, -0.05) is 30.3 Å². The van der Waals surface area contributed by atoms with E-state index in [4.69, 9.17) is 4.74 Å². The quantitative estimate of drug-likeness (QED) is 0.476. The van der Waals surface area contributed by atoms with Crippen molar-refractivity contribution in [3.63, 3.8) is 0 Å². The Bertz CT molecular complexity index is 590. The molecule has 98 valence electrons. The average molecular weight is 258 g/mol. The molecule has 0 fully saturated rings. The molecule has 2 aromatic rings. The van der Waals surface area contributed by atoms with Crippen LogP contribution in [0.25, 0.3) is 0 Å². The highest BCUT2D eigenvalue weighted by Gasteiger charge is 2.07. The summed E-state index contributed by atoms with van der Waals surface area (Å²) in [5, 5.41) is 11.4. The van der Waals surface area contributed by atoms with Gasteiger partial charge in [0.15, 0.2) is 0 Å². The van der Waals surface area contributed by atoms with Crippen LogP contribution in [0.3, 0.4) is 0 Å². The van der Waals surface area contributed by atoms with Gasteiger partial charge in [-0.25, -0.2) is 0 Å². The molecular weight excluding hydrogens is 244 g/mol. The molecule has 1 aromatic heterocycles. The summed E-state index contributed by atoms with van der Waals surface area (Å²) < 4.78 is 5.11. The van der Waals surface area contributed by atoms with Crippen molar-refractivity contribution in [1.29, 1.82) is 0 Å². The second-order valence-corrected chi connectivity index (χ2v) is 4.02. The monoisotopic (exact) mass is 258 g/mol. The molecule has 6 heteroatoms. The maximum absolute atomic E-state index is 11.7. The molecular formula is C13H14N4O2. The number of ether oxygens (including phenoxy) is 1. The van der Waals surface area contributed by atoms with E-state index >= 15 is 0 Å². The first kappa shape index (κ1) is 12.9. The molecule has 0 unspecified atom stereocenters. The van der Waals surface area contributed by atoms with Crippen LogP contribution >= 0.6 is 0 Å². The number of aryl methyl sites for hydroxylation is 1. The number of hydrogen-bond donors (Lipinski definition) is 0. The molecule has 2 rings (SSSR count). The van der Waals surface area contributed by atoms with Gasteiger partial charge in [0.1, 0.15) is 0 Å². The van der Waals surface area contributed by atoms with Gasteiger partial charge in [-0.2, -0.15) is 0 Å². The third-order valence-electron chi connectivity index (χ3n) is 2.38. The zero-order valence-corrected chi connectivity index (χ0v) is 10.8. The van der Waals surface area contributed by atoms with E-state index in [0.717, 1.165) is 11.3 Å². The highest BCUT2D eigenvalue weighted by Crippen LogP contribution is 2.01. The average Bonchev–Trinajstić information content (AvgIpc) is 2.76. The zero-order chi connectivity index (χ0) is 13.7. The van der Waals surface area contributed by atoms with E-state index in [1.54, 1.807) is 13.1 Å². The van der Waals surface area contributed by atoms with Gasteiger partial charge in [0.2, 0.25) is 5.90 Å². The Morgan fingerprint density at radius 1 is 1.37 bits per heavy atom. The third-order valence-corrected chi connectivity index (χ3v) is 2.38. The molecule has 19 heavy (non-hydrogen) atoms. The molecule has 0 aliphatic rings. The zero-order valence-electron chi connectivity index (χ0n) is 10.8. The van der Waals surface area contributed by atoms with E-state index in [2.05, 4.69) is 15.4 Å². The first-order valence-corrected chi connectivity index (χ1v) is 5.82. The molecule has 0 spiro atoms. The minimum atomic E-state index is -0.356. The third kappa shape index (κ3) is 3.74. The lowest BCUT2D eigenvalue weighted by atomic mass is 10.2. The molecule has 0 atom stereocenters. The molecule has 0 N–H and O–H groups in total. The van der Waals surface area contributed by atoms with Crippen molar-refractivity contribution in [3.8, 4) is 0 Å². The van der Waals surface area contributed by atoms with Crippen LogP contribution in [0.5, 0.6) is 0 Å². The van der Waals surface area contributed by atoms with E-state index in [1.807, 2.05) is 37.3 Å². The maximum Gasteiger partial charge on any atom is 0.316 e. The smallest absolute Gasteiger partial charge is 0.316 e. The fourth-order valence-corrected chi connectivity index (χ4v) is 1.50.